The summed E-state index contributed by atoms with van der Waals surface area (Å²) in [5, 5.41) is 19.7. The molecule has 1 aromatic rings. The van der Waals surface area contributed by atoms with Gasteiger partial charge in [-0.1, -0.05) is 0 Å². The largest absolute Gasteiger partial charge is 0.496 e. The van der Waals surface area contributed by atoms with Crippen LogP contribution in [0.15, 0.2) is 12.1 Å². The first-order chi connectivity index (χ1) is 9.18. The third-order valence-corrected chi connectivity index (χ3v) is 2.72. The number of hydrogen-bond acceptors (Lipinski definition) is 6. The molecular formula is C11H14B2FNO5. The highest BCUT2D eigenvalue weighted by Crippen LogP contribution is 2.40. The number of nitrogens with two attached hydrogens (primary N) is 1. The van der Waals surface area contributed by atoms with Crippen LogP contribution in [0.25, 0.3) is 0 Å². The van der Waals surface area contributed by atoms with Gasteiger partial charge >= 0.3 is 0 Å². The first kappa shape index (κ1) is 16.6. The van der Waals surface area contributed by atoms with Crippen molar-refractivity contribution in [1.82, 2.24) is 0 Å². The number of halogens is 1. The van der Waals surface area contributed by atoms with E-state index in [2.05, 4.69) is 0 Å². The quantitative estimate of drug-likeness (QED) is 0.462. The van der Waals surface area contributed by atoms with Crippen LogP contribution in [0.5, 0.6) is 17.2 Å². The Balaban J connectivity index is 3.47. The minimum atomic E-state index is -2.65. The molecule has 2 unspecified atom stereocenters. The van der Waals surface area contributed by atoms with Gasteiger partial charge in [0.25, 0.3) is 0 Å². The van der Waals surface area contributed by atoms with Gasteiger partial charge in [-0.15, -0.1) is 0 Å². The summed E-state index contributed by atoms with van der Waals surface area (Å²) in [7, 11) is 13.3. The lowest BCUT2D eigenvalue weighted by Crippen LogP contribution is -2.59. The molecule has 20 heavy (non-hydrogen) atoms. The van der Waals surface area contributed by atoms with Gasteiger partial charge < -0.3 is 30.2 Å². The number of ether oxygens (including phenoxy) is 3. The third-order valence-electron chi connectivity index (χ3n) is 2.72. The van der Waals surface area contributed by atoms with Crippen LogP contribution in [0.2, 0.25) is 0 Å². The molecule has 106 valence electrons. The molecule has 0 heterocycles. The summed E-state index contributed by atoms with van der Waals surface area (Å²) in [4.78, 5) is 0. The average molecular weight is 281 g/mol. The molecule has 9 heteroatoms. The molecule has 0 aliphatic heterocycles. The summed E-state index contributed by atoms with van der Waals surface area (Å²) in [6, 6.07) is 2.39. The van der Waals surface area contributed by atoms with Gasteiger partial charge in [0.1, 0.15) is 21.4 Å². The molecule has 0 saturated heterocycles. The van der Waals surface area contributed by atoms with Crippen molar-refractivity contribution >= 4 is 15.7 Å². The molecule has 0 aliphatic carbocycles. The minimum Gasteiger partial charge on any atom is -0.496 e. The van der Waals surface area contributed by atoms with Gasteiger partial charge in [-0.3, -0.25) is 0 Å². The average Bonchev–Trinajstić information content (AvgIpc) is 2.37. The van der Waals surface area contributed by atoms with Crippen molar-refractivity contribution in [3.05, 3.63) is 17.7 Å². The van der Waals surface area contributed by atoms with Gasteiger partial charge in [0.2, 0.25) is 6.86 Å². The van der Waals surface area contributed by atoms with Gasteiger partial charge in [-0.05, 0) is 6.07 Å². The van der Waals surface area contributed by atoms with Crippen molar-refractivity contribution in [2.75, 3.05) is 21.1 Å². The fourth-order valence-electron chi connectivity index (χ4n) is 1.55. The number of benzene rings is 1. The molecule has 0 saturated carbocycles. The second-order valence-corrected chi connectivity index (χ2v) is 4.05. The van der Waals surface area contributed by atoms with Gasteiger partial charge in [0.15, 0.2) is 11.5 Å². The van der Waals surface area contributed by atoms with E-state index in [1.165, 1.54) is 26.4 Å². The second-order valence-electron chi connectivity index (χ2n) is 4.05. The molecule has 0 aromatic heterocycles. The molecule has 0 bridgehead atoms. The molecule has 0 spiro atoms. The van der Waals surface area contributed by atoms with E-state index < -0.39 is 18.0 Å². The van der Waals surface area contributed by atoms with E-state index in [0.717, 1.165) is 0 Å². The van der Waals surface area contributed by atoms with E-state index in [1.54, 1.807) is 0 Å². The van der Waals surface area contributed by atoms with E-state index in [0.29, 0.717) is 0 Å². The summed E-state index contributed by atoms with van der Waals surface area (Å²) < 4.78 is 26.9. The molecular weight excluding hydrogens is 267 g/mol. The molecule has 0 fully saturated rings. The molecule has 4 radical (unpaired) electrons. The van der Waals surface area contributed by atoms with Crippen LogP contribution in [-0.2, 0) is 5.50 Å². The zero-order chi connectivity index (χ0) is 15.6. The Kier molecular flexibility index (Phi) is 4.90. The summed E-state index contributed by atoms with van der Waals surface area (Å²) in [6.07, 6.45) is 0. The Bertz CT molecular complexity index is 479. The Morgan fingerprint density at radius 2 is 1.70 bits per heavy atom. The highest BCUT2D eigenvalue weighted by molar-refractivity contribution is 6.25. The Hall–Kier alpha value is -1.44. The third kappa shape index (κ3) is 3.00. The second kappa shape index (κ2) is 5.90. The van der Waals surface area contributed by atoms with Gasteiger partial charge in [0.05, 0.1) is 25.3 Å². The summed E-state index contributed by atoms with van der Waals surface area (Å²) >= 11 is 0. The van der Waals surface area contributed by atoms with Crippen molar-refractivity contribution in [1.29, 1.82) is 0 Å². The molecule has 2 atom stereocenters. The van der Waals surface area contributed by atoms with Crippen molar-refractivity contribution < 1.29 is 28.8 Å². The Labute approximate surface area is 118 Å². The number of hydrogen-bond donors (Lipinski definition) is 3. The first-order valence-electron chi connectivity index (χ1n) is 5.45. The van der Waals surface area contributed by atoms with E-state index in [9.17, 15) is 14.6 Å². The Morgan fingerprint density at radius 1 is 1.15 bits per heavy atom. The number of alkyl halides is 1. The summed E-state index contributed by atoms with van der Waals surface area (Å²) in [5.41, 5.74) is -0.116. The van der Waals surface area contributed by atoms with Gasteiger partial charge in [-0.25, -0.2) is 4.39 Å². The van der Waals surface area contributed by atoms with Crippen LogP contribution in [0, 0.1) is 0 Å². The molecule has 6 nitrogen and oxygen atoms in total. The molecule has 0 aliphatic rings. The highest BCUT2D eigenvalue weighted by Gasteiger charge is 2.41. The highest BCUT2D eigenvalue weighted by atomic mass is 19.1. The van der Waals surface area contributed by atoms with Crippen molar-refractivity contribution in [2.45, 2.75) is 11.1 Å². The van der Waals surface area contributed by atoms with Crippen molar-refractivity contribution in [3.8, 4) is 17.2 Å². The lowest BCUT2D eigenvalue weighted by Gasteiger charge is -2.38. The maximum Gasteiger partial charge on any atom is 0.228 e. The minimum absolute atomic E-state index is 0.0176. The normalized spacial score (nSPS) is 16.9. The van der Waals surface area contributed by atoms with Crippen LogP contribution in [0.3, 0.4) is 0 Å². The van der Waals surface area contributed by atoms with E-state index in [-0.39, 0.29) is 22.8 Å². The maximum absolute atomic E-state index is 12.3. The number of methoxy groups -OCH3 is 2. The van der Waals surface area contributed by atoms with E-state index >= 15 is 0 Å². The standard InChI is InChI=1S/C11H14B2FNO5/c1-18-7-4-9(20-5-14)8(19-2)3-6(7)10(12,16)11(13,15)17/h3-4,16-17H,5,15H2,1-2H3. The molecule has 0 amide bonds. The molecule has 4 N–H and O–H groups in total. The predicted molar refractivity (Wildman–Crippen MR) is 70.7 cm³/mol. The molecule has 1 rings (SSSR count). The monoisotopic (exact) mass is 281 g/mol. The fraction of sp³-hybridized carbons (Fsp3) is 0.455. The number of aliphatic hydroxyl groups is 2. The summed E-state index contributed by atoms with van der Waals surface area (Å²) in [5.74, 6) is 0.0455. The van der Waals surface area contributed by atoms with Crippen LogP contribution in [0.4, 0.5) is 4.39 Å². The van der Waals surface area contributed by atoms with E-state index in [1.807, 2.05) is 0 Å². The predicted octanol–water partition coefficient (Wildman–Crippen LogP) is -0.904. The maximum atomic E-state index is 12.3. The lowest BCUT2D eigenvalue weighted by molar-refractivity contribution is -0.0461. The smallest absolute Gasteiger partial charge is 0.228 e. The zero-order valence-corrected chi connectivity index (χ0v) is 11.1. The Morgan fingerprint density at radius 3 is 2.10 bits per heavy atom. The van der Waals surface area contributed by atoms with E-state index in [4.69, 9.17) is 35.6 Å². The fourth-order valence-corrected chi connectivity index (χ4v) is 1.55. The van der Waals surface area contributed by atoms with Crippen LogP contribution in [-0.4, -0.2) is 52.6 Å². The SMILES string of the molecule is [B]C(N)(O)C([B])(O)c1cc(OC)c(OCF)cc1OC. The van der Waals surface area contributed by atoms with Gasteiger partial charge in [0, 0.05) is 11.6 Å². The van der Waals surface area contributed by atoms with Crippen LogP contribution in [0.1, 0.15) is 5.56 Å². The van der Waals surface area contributed by atoms with Crippen LogP contribution >= 0.6 is 0 Å². The molecule has 1 aromatic carbocycles. The lowest BCUT2D eigenvalue weighted by atomic mass is 9.61. The van der Waals surface area contributed by atoms with Gasteiger partial charge in [-0.2, -0.15) is 0 Å². The number of rotatable bonds is 6. The van der Waals surface area contributed by atoms with Crippen molar-refractivity contribution in [3.63, 3.8) is 0 Å². The zero-order valence-electron chi connectivity index (χ0n) is 11.1. The first-order valence-corrected chi connectivity index (χ1v) is 5.45. The topological polar surface area (TPSA) is 94.2 Å². The van der Waals surface area contributed by atoms with Crippen molar-refractivity contribution in [2.24, 2.45) is 5.73 Å². The van der Waals surface area contributed by atoms with Crippen LogP contribution < -0.4 is 19.9 Å². The summed E-state index contributed by atoms with van der Waals surface area (Å²) in [6.45, 7) is -1.09.